The van der Waals surface area contributed by atoms with Gasteiger partial charge >= 0.3 is 0 Å². The summed E-state index contributed by atoms with van der Waals surface area (Å²) in [6.45, 7) is 3.77. The minimum absolute atomic E-state index is 0.856. The predicted octanol–water partition coefficient (Wildman–Crippen LogP) is 0.856. The quantitative estimate of drug-likeness (QED) is 0.639. The van der Waals surface area contributed by atoms with Gasteiger partial charge < -0.3 is 9.64 Å². The predicted molar refractivity (Wildman–Crippen MR) is 61.1 cm³/mol. The standard InChI is InChI=1S/C8H16N2OS2/c1-9(2)8(12)13-7-10-3-5-11-6-4-10/h3-7H2,1-2H3. The van der Waals surface area contributed by atoms with E-state index in [4.69, 9.17) is 17.0 Å². The fraction of sp³-hybridized carbons (Fsp3) is 0.875. The van der Waals surface area contributed by atoms with Crippen LogP contribution < -0.4 is 0 Å². The van der Waals surface area contributed by atoms with Gasteiger partial charge in [-0.1, -0.05) is 24.0 Å². The highest BCUT2D eigenvalue weighted by Crippen LogP contribution is 2.10. The maximum absolute atomic E-state index is 5.26. The number of ether oxygens (including phenoxy) is 1. The lowest BCUT2D eigenvalue weighted by atomic mass is 10.5. The number of hydrogen-bond donors (Lipinski definition) is 0. The lowest BCUT2D eigenvalue weighted by Gasteiger charge is -2.26. The average molecular weight is 220 g/mol. The van der Waals surface area contributed by atoms with E-state index in [0.29, 0.717) is 0 Å². The van der Waals surface area contributed by atoms with Gasteiger partial charge in [-0.3, -0.25) is 4.90 Å². The molecule has 1 aliphatic rings. The molecule has 0 aromatic heterocycles. The van der Waals surface area contributed by atoms with E-state index in [0.717, 1.165) is 36.5 Å². The summed E-state index contributed by atoms with van der Waals surface area (Å²) in [5.74, 6) is 0.986. The van der Waals surface area contributed by atoms with E-state index in [1.54, 1.807) is 11.8 Å². The smallest absolute Gasteiger partial charge is 0.137 e. The Morgan fingerprint density at radius 1 is 1.46 bits per heavy atom. The third-order valence-corrected chi connectivity index (χ3v) is 3.66. The molecule has 0 N–H and O–H groups in total. The molecule has 0 amide bonds. The van der Waals surface area contributed by atoms with Crippen molar-refractivity contribution in [3.05, 3.63) is 0 Å². The maximum Gasteiger partial charge on any atom is 0.137 e. The van der Waals surface area contributed by atoms with Crippen LogP contribution in [0.5, 0.6) is 0 Å². The Balaban J connectivity index is 2.13. The number of thiocarbonyl (C=S) groups is 1. The van der Waals surface area contributed by atoms with Gasteiger partial charge in [0.2, 0.25) is 0 Å². The molecule has 0 radical (unpaired) electrons. The number of thioether (sulfide) groups is 1. The third-order valence-electron chi connectivity index (χ3n) is 1.84. The van der Waals surface area contributed by atoms with Crippen LogP contribution in [0.1, 0.15) is 0 Å². The molecule has 1 rings (SSSR count). The molecule has 0 saturated carbocycles. The zero-order valence-electron chi connectivity index (χ0n) is 8.15. The van der Waals surface area contributed by atoms with Crippen molar-refractivity contribution in [3.63, 3.8) is 0 Å². The number of hydrogen-bond acceptors (Lipinski definition) is 4. The Morgan fingerprint density at radius 2 is 2.08 bits per heavy atom. The third kappa shape index (κ3) is 4.26. The van der Waals surface area contributed by atoms with Crippen molar-refractivity contribution in [2.75, 3.05) is 46.3 Å². The van der Waals surface area contributed by atoms with Gasteiger partial charge in [0.25, 0.3) is 0 Å². The van der Waals surface area contributed by atoms with Crippen LogP contribution in [-0.2, 0) is 4.74 Å². The van der Waals surface area contributed by atoms with E-state index in [2.05, 4.69) is 4.90 Å². The van der Waals surface area contributed by atoms with Crippen molar-refractivity contribution in [1.82, 2.24) is 9.80 Å². The molecule has 0 bridgehead atoms. The largest absolute Gasteiger partial charge is 0.379 e. The van der Waals surface area contributed by atoms with Crippen LogP contribution in [-0.4, -0.2) is 60.4 Å². The van der Waals surface area contributed by atoms with Gasteiger partial charge in [0.1, 0.15) is 4.32 Å². The molecule has 0 aromatic rings. The molecule has 5 heteroatoms. The molecule has 0 aliphatic carbocycles. The van der Waals surface area contributed by atoms with Crippen LogP contribution in [0.2, 0.25) is 0 Å². The highest BCUT2D eigenvalue weighted by molar-refractivity contribution is 8.22. The lowest BCUT2D eigenvalue weighted by molar-refractivity contribution is 0.0474. The fourth-order valence-electron chi connectivity index (χ4n) is 1.01. The minimum Gasteiger partial charge on any atom is -0.379 e. The molecule has 0 atom stereocenters. The molecule has 3 nitrogen and oxygen atoms in total. The Morgan fingerprint density at radius 3 is 2.62 bits per heavy atom. The summed E-state index contributed by atoms with van der Waals surface area (Å²) in [5, 5.41) is 0. The highest BCUT2D eigenvalue weighted by atomic mass is 32.2. The number of morpholine rings is 1. The summed E-state index contributed by atoms with van der Waals surface area (Å²) in [6.07, 6.45) is 0. The van der Waals surface area contributed by atoms with Gasteiger partial charge in [0.05, 0.1) is 19.1 Å². The number of rotatable bonds is 2. The van der Waals surface area contributed by atoms with Crippen LogP contribution in [0.3, 0.4) is 0 Å². The SMILES string of the molecule is CN(C)C(=S)SCN1CCOCC1. The molecule has 1 saturated heterocycles. The summed E-state index contributed by atoms with van der Waals surface area (Å²) in [6, 6.07) is 0. The van der Waals surface area contributed by atoms with Crippen molar-refractivity contribution in [2.24, 2.45) is 0 Å². The van der Waals surface area contributed by atoms with E-state index in [-0.39, 0.29) is 0 Å². The topological polar surface area (TPSA) is 15.7 Å². The van der Waals surface area contributed by atoms with Crippen molar-refractivity contribution in [2.45, 2.75) is 0 Å². The molecule has 0 spiro atoms. The van der Waals surface area contributed by atoms with Gasteiger partial charge in [-0.05, 0) is 0 Å². The zero-order chi connectivity index (χ0) is 9.68. The van der Waals surface area contributed by atoms with Gasteiger partial charge in [0, 0.05) is 27.2 Å². The van der Waals surface area contributed by atoms with Gasteiger partial charge in [-0.2, -0.15) is 0 Å². The highest BCUT2D eigenvalue weighted by Gasteiger charge is 2.11. The summed E-state index contributed by atoms with van der Waals surface area (Å²) in [4.78, 5) is 4.34. The second-order valence-electron chi connectivity index (χ2n) is 3.16. The van der Waals surface area contributed by atoms with Gasteiger partial charge in [-0.15, -0.1) is 0 Å². The Hall–Kier alpha value is 0.160. The van der Waals surface area contributed by atoms with Crippen LogP contribution in [0.4, 0.5) is 0 Å². The van der Waals surface area contributed by atoms with Crippen molar-refractivity contribution in [1.29, 1.82) is 0 Å². The monoisotopic (exact) mass is 220 g/mol. The average Bonchev–Trinajstić information content (AvgIpc) is 2.15. The Bertz CT molecular complexity index is 170. The van der Waals surface area contributed by atoms with Crippen molar-refractivity contribution < 1.29 is 4.74 Å². The fourth-order valence-corrected chi connectivity index (χ4v) is 1.97. The van der Waals surface area contributed by atoms with Gasteiger partial charge in [0.15, 0.2) is 0 Å². The summed E-state index contributed by atoms with van der Waals surface area (Å²) in [7, 11) is 3.96. The van der Waals surface area contributed by atoms with Crippen LogP contribution in [0.25, 0.3) is 0 Å². The second kappa shape index (κ2) is 5.80. The van der Waals surface area contributed by atoms with E-state index >= 15 is 0 Å². The molecule has 1 fully saturated rings. The first-order valence-corrected chi connectivity index (χ1v) is 5.73. The van der Waals surface area contributed by atoms with Crippen molar-refractivity contribution in [3.8, 4) is 0 Å². The first kappa shape index (κ1) is 11.2. The molecular weight excluding hydrogens is 204 g/mol. The molecular formula is C8H16N2OS2. The zero-order valence-corrected chi connectivity index (χ0v) is 9.79. The minimum atomic E-state index is 0.856. The van der Waals surface area contributed by atoms with Crippen LogP contribution in [0.15, 0.2) is 0 Å². The van der Waals surface area contributed by atoms with Crippen LogP contribution >= 0.6 is 24.0 Å². The molecule has 13 heavy (non-hydrogen) atoms. The first-order chi connectivity index (χ1) is 6.20. The summed E-state index contributed by atoms with van der Waals surface area (Å²) < 4.78 is 6.21. The molecule has 1 heterocycles. The number of nitrogens with zero attached hydrogens (tertiary/aromatic N) is 2. The van der Waals surface area contributed by atoms with E-state index in [1.807, 2.05) is 19.0 Å². The summed E-state index contributed by atoms with van der Waals surface area (Å²) in [5.41, 5.74) is 0. The molecule has 1 aliphatic heterocycles. The maximum atomic E-state index is 5.26. The first-order valence-electron chi connectivity index (χ1n) is 4.34. The lowest BCUT2D eigenvalue weighted by Crippen LogP contribution is -2.36. The Kier molecular flexibility index (Phi) is 5.01. The van der Waals surface area contributed by atoms with E-state index < -0.39 is 0 Å². The molecule has 0 unspecified atom stereocenters. The molecule has 0 aromatic carbocycles. The Labute approximate surface area is 89.4 Å². The van der Waals surface area contributed by atoms with Crippen LogP contribution in [0, 0.1) is 0 Å². The van der Waals surface area contributed by atoms with Crippen molar-refractivity contribution >= 4 is 28.3 Å². The van der Waals surface area contributed by atoms with E-state index in [1.165, 1.54) is 0 Å². The van der Waals surface area contributed by atoms with Gasteiger partial charge in [-0.25, -0.2) is 0 Å². The second-order valence-corrected chi connectivity index (χ2v) is 4.74. The van der Waals surface area contributed by atoms with E-state index in [9.17, 15) is 0 Å². The normalized spacial score (nSPS) is 18.6. The molecule has 76 valence electrons. The summed E-state index contributed by atoms with van der Waals surface area (Å²) >= 11 is 6.90.